The predicted molar refractivity (Wildman–Crippen MR) is 147 cm³/mol. The number of aliphatic carboxylic acids is 1. The Morgan fingerprint density at radius 3 is 2.50 bits per heavy atom. The zero-order valence-electron chi connectivity index (χ0n) is 21.5. The lowest BCUT2D eigenvalue weighted by Gasteiger charge is -2.26. The van der Waals surface area contributed by atoms with E-state index in [4.69, 9.17) is 0 Å². The van der Waals surface area contributed by atoms with Crippen LogP contribution in [0.2, 0.25) is 0 Å². The van der Waals surface area contributed by atoms with E-state index in [1.165, 1.54) is 32.1 Å². The molecule has 0 aliphatic heterocycles. The molecule has 0 bridgehead atoms. The van der Waals surface area contributed by atoms with Crippen molar-refractivity contribution in [2.75, 3.05) is 18.6 Å². The van der Waals surface area contributed by atoms with Crippen LogP contribution in [0, 0.1) is 12.8 Å². The summed E-state index contributed by atoms with van der Waals surface area (Å²) in [6, 6.07) is 12.7. The Bertz CT molecular complexity index is 1010. The second kappa shape index (κ2) is 14.4. The number of carboxylic acids is 1. The zero-order valence-corrected chi connectivity index (χ0v) is 22.3. The fraction of sp³-hybridized carbons (Fsp3) is 0.517. The summed E-state index contributed by atoms with van der Waals surface area (Å²) in [7, 11) is 0. The number of aryl methyl sites for hydroxylation is 1. The largest absolute Gasteiger partial charge is 0.480 e. The average molecular weight is 513 g/mol. The van der Waals surface area contributed by atoms with Gasteiger partial charge in [0.1, 0.15) is 6.04 Å². The molecule has 0 heterocycles. The Labute approximate surface area is 219 Å². The van der Waals surface area contributed by atoms with E-state index < -0.39 is 12.0 Å². The molecule has 2 atom stereocenters. The first kappa shape index (κ1) is 28.2. The second-order valence-corrected chi connectivity index (χ2v) is 10.8. The Morgan fingerprint density at radius 1 is 1.08 bits per heavy atom. The van der Waals surface area contributed by atoms with E-state index in [1.54, 1.807) is 17.8 Å². The van der Waals surface area contributed by atoms with E-state index in [0.717, 1.165) is 28.7 Å². The van der Waals surface area contributed by atoms with E-state index in [2.05, 4.69) is 10.6 Å². The SMILES string of the molecule is CSCC[C@H](NC(=O)c1ccc(CNC(CO)CC2CCCCC2)cc1-c1ccccc1C)C(=O)O. The van der Waals surface area contributed by atoms with Crippen LogP contribution < -0.4 is 10.6 Å². The molecule has 1 aliphatic rings. The van der Waals surface area contributed by atoms with E-state index in [9.17, 15) is 19.8 Å². The van der Waals surface area contributed by atoms with Gasteiger partial charge >= 0.3 is 5.97 Å². The van der Waals surface area contributed by atoms with Crippen LogP contribution in [-0.4, -0.2) is 52.8 Å². The molecule has 2 aromatic carbocycles. The van der Waals surface area contributed by atoms with Crippen molar-refractivity contribution in [2.24, 2.45) is 5.92 Å². The number of hydrogen-bond donors (Lipinski definition) is 4. The van der Waals surface area contributed by atoms with Crippen LogP contribution >= 0.6 is 11.8 Å². The van der Waals surface area contributed by atoms with Crippen molar-refractivity contribution >= 4 is 23.6 Å². The number of thioether (sulfide) groups is 1. The number of nitrogens with one attached hydrogen (secondary N) is 2. The molecule has 3 rings (SSSR count). The van der Waals surface area contributed by atoms with Gasteiger partial charge in [0, 0.05) is 18.2 Å². The van der Waals surface area contributed by atoms with Gasteiger partial charge in [-0.2, -0.15) is 11.8 Å². The van der Waals surface area contributed by atoms with Crippen LogP contribution in [0.4, 0.5) is 0 Å². The predicted octanol–water partition coefficient (Wildman–Crippen LogP) is 5.02. The number of carbonyl (C=O) groups excluding carboxylic acids is 1. The van der Waals surface area contributed by atoms with Crippen LogP contribution in [-0.2, 0) is 11.3 Å². The number of carboxylic acid groups (broad SMARTS) is 1. The number of hydrogen-bond acceptors (Lipinski definition) is 5. The highest BCUT2D eigenvalue weighted by Gasteiger charge is 2.23. The minimum absolute atomic E-state index is 0.0470. The molecule has 0 radical (unpaired) electrons. The first-order valence-electron chi connectivity index (χ1n) is 13.0. The second-order valence-electron chi connectivity index (χ2n) is 9.84. The van der Waals surface area contributed by atoms with Crippen LogP contribution in [0.5, 0.6) is 0 Å². The van der Waals surface area contributed by atoms with Crippen molar-refractivity contribution in [3.63, 3.8) is 0 Å². The van der Waals surface area contributed by atoms with Crippen LogP contribution in [0.1, 0.15) is 66.4 Å². The van der Waals surface area contributed by atoms with Gasteiger partial charge in [0.15, 0.2) is 0 Å². The van der Waals surface area contributed by atoms with Gasteiger partial charge in [-0.3, -0.25) is 4.79 Å². The topological polar surface area (TPSA) is 98.7 Å². The molecule has 6 nitrogen and oxygen atoms in total. The van der Waals surface area contributed by atoms with Gasteiger partial charge in [0.2, 0.25) is 0 Å². The molecule has 1 amide bonds. The summed E-state index contributed by atoms with van der Waals surface area (Å²) in [4.78, 5) is 24.9. The fourth-order valence-corrected chi connectivity index (χ4v) is 5.51. The van der Waals surface area contributed by atoms with Crippen molar-refractivity contribution in [1.29, 1.82) is 0 Å². The minimum atomic E-state index is -1.02. The summed E-state index contributed by atoms with van der Waals surface area (Å²) >= 11 is 1.56. The summed E-state index contributed by atoms with van der Waals surface area (Å²) in [6.45, 7) is 2.70. The third-order valence-electron chi connectivity index (χ3n) is 7.14. The summed E-state index contributed by atoms with van der Waals surface area (Å²) in [6.07, 6.45) is 9.64. The van der Waals surface area contributed by atoms with Gasteiger partial charge in [-0.25, -0.2) is 4.79 Å². The summed E-state index contributed by atoms with van der Waals surface area (Å²) in [5.74, 6) is -0.0832. The van der Waals surface area contributed by atoms with E-state index in [-0.39, 0.29) is 18.6 Å². The van der Waals surface area contributed by atoms with E-state index >= 15 is 0 Å². The quantitative estimate of drug-likeness (QED) is 0.301. The Balaban J connectivity index is 1.81. The van der Waals surface area contributed by atoms with Gasteiger partial charge in [-0.1, -0.05) is 62.4 Å². The molecule has 2 aromatic rings. The number of carbonyl (C=O) groups is 2. The number of aliphatic hydroxyl groups is 1. The van der Waals surface area contributed by atoms with Gasteiger partial charge in [-0.05, 0) is 72.1 Å². The van der Waals surface area contributed by atoms with Gasteiger partial charge in [0.25, 0.3) is 5.91 Å². The van der Waals surface area contributed by atoms with Gasteiger partial charge in [-0.15, -0.1) is 0 Å². The molecular weight excluding hydrogens is 472 g/mol. The Morgan fingerprint density at radius 2 is 1.83 bits per heavy atom. The highest BCUT2D eigenvalue weighted by atomic mass is 32.2. The molecule has 1 saturated carbocycles. The lowest BCUT2D eigenvalue weighted by Crippen LogP contribution is -2.41. The minimum Gasteiger partial charge on any atom is -0.480 e. The van der Waals surface area contributed by atoms with Crippen molar-refractivity contribution in [2.45, 2.75) is 70.5 Å². The molecule has 0 saturated heterocycles. The lowest BCUT2D eigenvalue weighted by atomic mass is 9.85. The van der Waals surface area contributed by atoms with E-state index in [0.29, 0.717) is 30.2 Å². The van der Waals surface area contributed by atoms with Crippen LogP contribution in [0.3, 0.4) is 0 Å². The first-order valence-corrected chi connectivity index (χ1v) is 14.4. The molecule has 4 N–H and O–H groups in total. The molecule has 36 heavy (non-hydrogen) atoms. The average Bonchev–Trinajstić information content (AvgIpc) is 2.89. The highest BCUT2D eigenvalue weighted by molar-refractivity contribution is 7.98. The standard InChI is InChI=1S/C29H40N2O4S/c1-20-8-6-7-11-24(20)26-17-22(18-30-23(19-32)16-21-9-4-3-5-10-21)12-13-25(26)28(33)31-27(29(34)35)14-15-36-2/h6-8,11-13,17,21,23,27,30,32H,3-5,9-10,14-16,18-19H2,1-2H3,(H,31,33)(H,34,35)/t23?,27-/m0/s1. The molecule has 7 heteroatoms. The van der Waals surface area contributed by atoms with E-state index in [1.807, 2.05) is 49.6 Å². The van der Waals surface area contributed by atoms with Crippen molar-refractivity contribution in [3.8, 4) is 11.1 Å². The summed E-state index contributed by atoms with van der Waals surface area (Å²) in [5, 5.41) is 25.8. The Kier molecular flexibility index (Phi) is 11.3. The highest BCUT2D eigenvalue weighted by Crippen LogP contribution is 2.29. The van der Waals surface area contributed by atoms with Crippen molar-refractivity contribution < 1.29 is 19.8 Å². The smallest absolute Gasteiger partial charge is 0.326 e. The van der Waals surface area contributed by atoms with Crippen molar-refractivity contribution in [3.05, 3.63) is 59.2 Å². The number of aliphatic hydroxyl groups excluding tert-OH is 1. The van der Waals surface area contributed by atoms with Gasteiger partial charge in [0.05, 0.1) is 6.61 Å². The number of rotatable bonds is 13. The Hall–Kier alpha value is -2.35. The lowest BCUT2D eigenvalue weighted by molar-refractivity contribution is -0.139. The molecule has 1 unspecified atom stereocenters. The maximum absolute atomic E-state index is 13.2. The summed E-state index contributed by atoms with van der Waals surface area (Å²) < 4.78 is 0. The first-order chi connectivity index (χ1) is 17.4. The molecule has 1 aliphatic carbocycles. The van der Waals surface area contributed by atoms with Crippen molar-refractivity contribution in [1.82, 2.24) is 10.6 Å². The summed E-state index contributed by atoms with van der Waals surface area (Å²) in [5.41, 5.74) is 4.25. The molecule has 0 spiro atoms. The van der Waals surface area contributed by atoms with Gasteiger partial charge < -0.3 is 20.8 Å². The third-order valence-corrected chi connectivity index (χ3v) is 7.78. The number of amides is 1. The number of benzene rings is 2. The van der Waals surface area contributed by atoms with Crippen LogP contribution in [0.25, 0.3) is 11.1 Å². The maximum Gasteiger partial charge on any atom is 0.326 e. The molecule has 1 fully saturated rings. The molecule has 196 valence electrons. The van der Waals surface area contributed by atoms with Crippen LogP contribution in [0.15, 0.2) is 42.5 Å². The maximum atomic E-state index is 13.2. The molecular formula is C29H40N2O4S. The fourth-order valence-electron chi connectivity index (χ4n) is 5.04. The third kappa shape index (κ3) is 8.08. The monoisotopic (exact) mass is 512 g/mol. The molecule has 0 aromatic heterocycles. The normalized spacial score (nSPS) is 15.9. The zero-order chi connectivity index (χ0) is 25.9.